The van der Waals surface area contributed by atoms with Gasteiger partial charge >= 0.3 is 6.18 Å². The summed E-state index contributed by atoms with van der Waals surface area (Å²) in [6.45, 7) is -0.0694. The average molecular weight is 294 g/mol. The number of nitriles is 1. The molecule has 0 fully saturated rings. The van der Waals surface area contributed by atoms with Gasteiger partial charge in [-0.15, -0.1) is 0 Å². The zero-order valence-electron chi connectivity index (χ0n) is 10.6. The SMILES string of the molecule is N#Cc1c(C(N)=O)cnn1Cc1cccc(C(F)(F)F)c1. The zero-order chi connectivity index (χ0) is 15.6. The molecule has 0 atom stereocenters. The van der Waals surface area contributed by atoms with E-state index in [0.29, 0.717) is 5.56 Å². The highest BCUT2D eigenvalue weighted by molar-refractivity contribution is 5.94. The molecule has 1 aromatic carbocycles. The van der Waals surface area contributed by atoms with E-state index in [1.165, 1.54) is 12.1 Å². The van der Waals surface area contributed by atoms with Crippen molar-refractivity contribution in [1.29, 1.82) is 5.26 Å². The lowest BCUT2D eigenvalue weighted by Crippen LogP contribution is -2.13. The average Bonchev–Trinajstić information content (AvgIpc) is 2.81. The summed E-state index contributed by atoms with van der Waals surface area (Å²) in [4.78, 5) is 11.1. The predicted octanol–water partition coefficient (Wildman–Crippen LogP) is 1.92. The van der Waals surface area contributed by atoms with Gasteiger partial charge in [-0.05, 0) is 17.7 Å². The monoisotopic (exact) mass is 294 g/mol. The Morgan fingerprint density at radius 2 is 2.14 bits per heavy atom. The molecule has 5 nitrogen and oxygen atoms in total. The summed E-state index contributed by atoms with van der Waals surface area (Å²) in [5.74, 6) is -0.818. The summed E-state index contributed by atoms with van der Waals surface area (Å²) in [5, 5.41) is 12.8. The topological polar surface area (TPSA) is 84.7 Å². The molecular weight excluding hydrogens is 285 g/mol. The van der Waals surface area contributed by atoms with Crippen molar-refractivity contribution in [3.63, 3.8) is 0 Å². The number of aromatic nitrogens is 2. The van der Waals surface area contributed by atoms with Gasteiger partial charge in [0.1, 0.15) is 6.07 Å². The van der Waals surface area contributed by atoms with Gasteiger partial charge in [0, 0.05) is 0 Å². The standard InChI is InChI=1S/C13H9F3N4O/c14-13(15,16)9-3-1-2-8(4-9)7-20-11(5-17)10(6-19-20)12(18)21/h1-4,6H,7H2,(H2,18,21). The maximum absolute atomic E-state index is 12.6. The molecule has 21 heavy (non-hydrogen) atoms. The molecule has 8 heteroatoms. The molecule has 0 unspecified atom stereocenters. The third kappa shape index (κ3) is 3.02. The smallest absolute Gasteiger partial charge is 0.365 e. The second-order valence-electron chi connectivity index (χ2n) is 4.24. The zero-order valence-corrected chi connectivity index (χ0v) is 10.6. The summed E-state index contributed by atoms with van der Waals surface area (Å²) in [7, 11) is 0. The fraction of sp³-hybridized carbons (Fsp3) is 0.154. The molecule has 0 aliphatic heterocycles. The summed E-state index contributed by atoms with van der Waals surface area (Å²) >= 11 is 0. The van der Waals surface area contributed by atoms with Crippen LogP contribution in [0.4, 0.5) is 13.2 Å². The first-order valence-electron chi connectivity index (χ1n) is 5.74. The Labute approximate surface area is 117 Å². The molecule has 2 aromatic rings. The largest absolute Gasteiger partial charge is 0.416 e. The molecule has 108 valence electrons. The maximum Gasteiger partial charge on any atom is 0.416 e. The minimum Gasteiger partial charge on any atom is -0.365 e. The van der Waals surface area contributed by atoms with E-state index in [-0.39, 0.29) is 17.8 Å². The van der Waals surface area contributed by atoms with Gasteiger partial charge < -0.3 is 5.73 Å². The number of halogens is 3. The molecule has 0 saturated heterocycles. The summed E-state index contributed by atoms with van der Waals surface area (Å²) in [6.07, 6.45) is -3.33. The highest BCUT2D eigenvalue weighted by Crippen LogP contribution is 2.29. The molecule has 1 amide bonds. The first kappa shape index (κ1) is 14.6. The van der Waals surface area contributed by atoms with E-state index in [9.17, 15) is 18.0 Å². The van der Waals surface area contributed by atoms with Crippen molar-refractivity contribution in [3.05, 3.63) is 52.8 Å². The van der Waals surface area contributed by atoms with Crippen LogP contribution in [0.5, 0.6) is 0 Å². The maximum atomic E-state index is 12.6. The van der Waals surface area contributed by atoms with Crippen molar-refractivity contribution in [2.24, 2.45) is 5.73 Å². The third-order valence-corrected chi connectivity index (χ3v) is 2.80. The van der Waals surface area contributed by atoms with Gasteiger partial charge in [0.25, 0.3) is 5.91 Å². The molecule has 0 aliphatic carbocycles. The van der Waals surface area contributed by atoms with E-state index in [2.05, 4.69) is 5.10 Å². The number of hydrogen-bond donors (Lipinski definition) is 1. The van der Waals surface area contributed by atoms with Crippen LogP contribution in [0.15, 0.2) is 30.5 Å². The van der Waals surface area contributed by atoms with Crippen LogP contribution in [0.1, 0.15) is 27.2 Å². The van der Waals surface area contributed by atoms with Gasteiger partial charge in [0.2, 0.25) is 0 Å². The Balaban J connectivity index is 2.36. The number of alkyl halides is 3. The van der Waals surface area contributed by atoms with Crippen molar-refractivity contribution < 1.29 is 18.0 Å². The van der Waals surface area contributed by atoms with Gasteiger partial charge in [-0.1, -0.05) is 12.1 Å². The van der Waals surface area contributed by atoms with Crippen molar-refractivity contribution in [2.75, 3.05) is 0 Å². The molecule has 1 aromatic heterocycles. The van der Waals surface area contributed by atoms with Crippen LogP contribution in [0.2, 0.25) is 0 Å². The first-order chi connectivity index (χ1) is 9.82. The summed E-state index contributed by atoms with van der Waals surface area (Å²) < 4.78 is 39.0. The Hall–Kier alpha value is -2.82. The molecule has 1 heterocycles. The molecule has 0 saturated carbocycles. The van der Waals surface area contributed by atoms with E-state index in [1.807, 2.05) is 0 Å². The second-order valence-corrected chi connectivity index (χ2v) is 4.24. The minimum atomic E-state index is -4.45. The minimum absolute atomic E-state index is 0.0653. The van der Waals surface area contributed by atoms with Crippen molar-refractivity contribution >= 4 is 5.91 Å². The van der Waals surface area contributed by atoms with Gasteiger partial charge in [-0.3, -0.25) is 4.79 Å². The molecule has 2 N–H and O–H groups in total. The van der Waals surface area contributed by atoms with E-state index >= 15 is 0 Å². The van der Waals surface area contributed by atoms with Crippen molar-refractivity contribution in [3.8, 4) is 6.07 Å². The Kier molecular flexibility index (Phi) is 3.67. The van der Waals surface area contributed by atoms with Crippen LogP contribution in [0.25, 0.3) is 0 Å². The second kappa shape index (κ2) is 5.28. The van der Waals surface area contributed by atoms with Crippen LogP contribution < -0.4 is 5.73 Å². The van der Waals surface area contributed by atoms with E-state index in [4.69, 9.17) is 11.0 Å². The lowest BCUT2D eigenvalue weighted by Gasteiger charge is -2.09. The van der Waals surface area contributed by atoms with Gasteiger partial charge in [0.15, 0.2) is 5.69 Å². The van der Waals surface area contributed by atoms with Gasteiger partial charge in [0.05, 0.1) is 23.9 Å². The number of benzene rings is 1. The molecule has 0 bridgehead atoms. The Morgan fingerprint density at radius 1 is 1.43 bits per heavy atom. The molecule has 0 radical (unpaired) electrons. The van der Waals surface area contributed by atoms with Crippen molar-refractivity contribution in [2.45, 2.75) is 12.7 Å². The molecule has 0 spiro atoms. The quantitative estimate of drug-likeness (QED) is 0.938. The third-order valence-electron chi connectivity index (χ3n) is 2.80. The number of amides is 1. The fourth-order valence-corrected chi connectivity index (χ4v) is 1.82. The van der Waals surface area contributed by atoms with Crippen LogP contribution in [-0.4, -0.2) is 15.7 Å². The Morgan fingerprint density at radius 3 is 2.71 bits per heavy atom. The lowest BCUT2D eigenvalue weighted by atomic mass is 10.1. The molecular formula is C13H9F3N4O. The highest BCUT2D eigenvalue weighted by atomic mass is 19.4. The Bertz CT molecular complexity index is 728. The van der Waals surface area contributed by atoms with Crippen LogP contribution >= 0.6 is 0 Å². The van der Waals surface area contributed by atoms with E-state index < -0.39 is 17.6 Å². The number of nitrogens with two attached hydrogens (primary N) is 1. The number of carbonyl (C=O) groups is 1. The van der Waals surface area contributed by atoms with Gasteiger partial charge in [-0.25, -0.2) is 4.68 Å². The number of rotatable bonds is 3. The van der Waals surface area contributed by atoms with Gasteiger partial charge in [-0.2, -0.15) is 23.5 Å². The first-order valence-corrected chi connectivity index (χ1v) is 5.74. The predicted molar refractivity (Wildman–Crippen MR) is 66.0 cm³/mol. The number of nitrogens with zero attached hydrogens (tertiary/aromatic N) is 3. The van der Waals surface area contributed by atoms with Crippen LogP contribution in [0.3, 0.4) is 0 Å². The van der Waals surface area contributed by atoms with Crippen LogP contribution in [0, 0.1) is 11.3 Å². The summed E-state index contributed by atoms with van der Waals surface area (Å²) in [5.41, 5.74) is 4.45. The van der Waals surface area contributed by atoms with E-state index in [0.717, 1.165) is 23.0 Å². The number of hydrogen-bond acceptors (Lipinski definition) is 3. The van der Waals surface area contributed by atoms with E-state index in [1.54, 1.807) is 6.07 Å². The highest BCUT2D eigenvalue weighted by Gasteiger charge is 2.30. The molecule has 0 aliphatic rings. The molecule has 2 rings (SSSR count). The number of primary amides is 1. The number of carbonyl (C=O) groups excluding carboxylic acids is 1. The summed E-state index contributed by atoms with van der Waals surface area (Å²) in [6, 6.07) is 6.42. The van der Waals surface area contributed by atoms with Crippen molar-refractivity contribution in [1.82, 2.24) is 9.78 Å². The van der Waals surface area contributed by atoms with Crippen LogP contribution in [-0.2, 0) is 12.7 Å². The lowest BCUT2D eigenvalue weighted by molar-refractivity contribution is -0.137. The normalized spacial score (nSPS) is 11.1. The fourth-order valence-electron chi connectivity index (χ4n) is 1.82.